The summed E-state index contributed by atoms with van der Waals surface area (Å²) in [6.45, 7) is 3.20. The molecule has 5 nitrogen and oxygen atoms in total. The average Bonchev–Trinajstić information content (AvgIpc) is 3.75. The van der Waals surface area contributed by atoms with Crippen molar-refractivity contribution in [1.82, 2.24) is 4.57 Å². The summed E-state index contributed by atoms with van der Waals surface area (Å²) in [5.41, 5.74) is 8.85. The van der Waals surface area contributed by atoms with Gasteiger partial charge in [0.25, 0.3) is 0 Å². The van der Waals surface area contributed by atoms with E-state index in [0.29, 0.717) is 0 Å². The van der Waals surface area contributed by atoms with Crippen LogP contribution in [0.15, 0.2) is 139 Å². The molecule has 2 heterocycles. The van der Waals surface area contributed by atoms with E-state index in [2.05, 4.69) is 126 Å². The predicted octanol–water partition coefficient (Wildman–Crippen LogP) is 12.2. The van der Waals surface area contributed by atoms with Gasteiger partial charge in [0.2, 0.25) is 0 Å². The smallest absolute Gasteiger partial charge is 0.346 e. The van der Waals surface area contributed by atoms with Gasteiger partial charge in [0.1, 0.15) is 11.6 Å². The van der Waals surface area contributed by atoms with Crippen LogP contribution >= 0.6 is 11.3 Å². The van der Waals surface area contributed by atoms with E-state index < -0.39 is 5.97 Å². The minimum Gasteiger partial charge on any atom is -0.477 e. The molecule has 0 spiro atoms. The number of anilines is 3. The fourth-order valence-corrected chi connectivity index (χ4v) is 7.60. The SMILES string of the molecule is CCCCCCn1c2ccc(-c3ccc(N(c4ccccc4)c4ccccc4)cc3)cc2c2cc(-c3ccc(/C=C(/C#N)C(=O)O)s3)ccc21. The number of carboxylic acid groups (broad SMARTS) is 1. The molecule has 0 saturated carbocycles. The van der Waals surface area contributed by atoms with Crippen LogP contribution in [-0.2, 0) is 11.3 Å². The minimum absolute atomic E-state index is 0.270. The molecule has 50 heavy (non-hydrogen) atoms. The number of carbonyl (C=O) groups is 1. The molecule has 0 radical (unpaired) electrons. The van der Waals surface area contributed by atoms with Gasteiger partial charge < -0.3 is 14.6 Å². The van der Waals surface area contributed by atoms with E-state index in [9.17, 15) is 15.2 Å². The predicted molar refractivity (Wildman–Crippen MR) is 208 cm³/mol. The number of aliphatic carboxylic acids is 1. The van der Waals surface area contributed by atoms with Crippen molar-refractivity contribution >= 4 is 62.3 Å². The quantitative estimate of drug-likeness (QED) is 0.0797. The molecule has 0 bridgehead atoms. The van der Waals surface area contributed by atoms with Crippen molar-refractivity contribution in [1.29, 1.82) is 5.26 Å². The van der Waals surface area contributed by atoms with E-state index in [1.54, 1.807) is 6.07 Å². The lowest BCUT2D eigenvalue weighted by Crippen LogP contribution is -2.09. The topological polar surface area (TPSA) is 69.3 Å². The summed E-state index contributed by atoms with van der Waals surface area (Å²) in [7, 11) is 0. The van der Waals surface area contributed by atoms with Crippen LogP contribution in [0.3, 0.4) is 0 Å². The highest BCUT2D eigenvalue weighted by Gasteiger charge is 2.16. The minimum atomic E-state index is -1.22. The number of nitriles is 1. The molecule has 0 aliphatic heterocycles. The van der Waals surface area contributed by atoms with E-state index in [1.165, 1.54) is 58.5 Å². The Morgan fingerprint density at radius 2 is 1.30 bits per heavy atom. The molecule has 7 aromatic rings. The number of rotatable bonds is 12. The zero-order valence-corrected chi connectivity index (χ0v) is 28.7. The molecule has 0 aliphatic carbocycles. The number of nitrogens with zero attached hydrogens (tertiary/aromatic N) is 3. The Balaban J connectivity index is 1.28. The van der Waals surface area contributed by atoms with Gasteiger partial charge >= 0.3 is 5.97 Å². The van der Waals surface area contributed by atoms with E-state index in [0.717, 1.165) is 56.5 Å². The molecule has 0 amide bonds. The Bertz CT molecular complexity index is 2310. The lowest BCUT2D eigenvalue weighted by atomic mass is 10.0. The molecule has 5 aromatic carbocycles. The van der Waals surface area contributed by atoms with Crippen LogP contribution in [0.2, 0.25) is 0 Å². The number of fused-ring (bicyclic) bond motifs is 3. The first-order valence-corrected chi connectivity index (χ1v) is 17.9. The van der Waals surface area contributed by atoms with Crippen molar-refractivity contribution in [2.24, 2.45) is 0 Å². The summed E-state index contributed by atoms with van der Waals surface area (Å²) in [5, 5.41) is 21.0. The van der Waals surface area contributed by atoms with Gasteiger partial charge in [0, 0.05) is 55.2 Å². The monoisotopic (exact) mass is 671 g/mol. The fourth-order valence-electron chi connectivity index (χ4n) is 6.65. The number of carboxylic acids is 1. The lowest BCUT2D eigenvalue weighted by Gasteiger charge is -2.25. The average molecular weight is 672 g/mol. The van der Waals surface area contributed by atoms with Gasteiger partial charge in [0.05, 0.1) is 0 Å². The maximum Gasteiger partial charge on any atom is 0.346 e. The van der Waals surface area contributed by atoms with Gasteiger partial charge in [-0.15, -0.1) is 11.3 Å². The molecule has 246 valence electrons. The summed E-state index contributed by atoms with van der Waals surface area (Å²) in [6.07, 6.45) is 6.21. The van der Waals surface area contributed by atoms with E-state index in [4.69, 9.17) is 0 Å². The van der Waals surface area contributed by atoms with Crippen molar-refractivity contribution in [3.05, 3.63) is 144 Å². The first kappa shape index (κ1) is 32.6. The second-order valence-electron chi connectivity index (χ2n) is 12.4. The standard InChI is InChI=1S/C44H37N3O2S/c1-2-3-4-11-26-46-41-23-18-32(31-16-20-37(21-17-31)47(35-12-7-5-8-13-35)36-14-9-6-10-15-36)28-39(41)40-29-33(19-24-42(40)46)43-25-22-38(50-43)27-34(30-45)44(48)49/h5-10,12-25,27-29H,2-4,11,26H2,1H3,(H,48,49)/b34-27-. The third-order valence-electron chi connectivity index (χ3n) is 9.14. The van der Waals surface area contributed by atoms with Crippen molar-refractivity contribution in [2.75, 3.05) is 4.90 Å². The lowest BCUT2D eigenvalue weighted by molar-refractivity contribution is -0.132. The van der Waals surface area contributed by atoms with Crippen LogP contribution in [0.25, 0.3) is 49.4 Å². The number of aromatic nitrogens is 1. The number of aryl methyl sites for hydroxylation is 1. The molecule has 7 rings (SSSR count). The number of para-hydroxylation sites is 2. The van der Waals surface area contributed by atoms with E-state index in [1.807, 2.05) is 24.3 Å². The normalized spacial score (nSPS) is 11.6. The van der Waals surface area contributed by atoms with Crippen molar-refractivity contribution in [2.45, 2.75) is 39.2 Å². The third-order valence-corrected chi connectivity index (χ3v) is 10.2. The molecular formula is C44H37N3O2S. The van der Waals surface area contributed by atoms with Crippen LogP contribution in [0.4, 0.5) is 17.1 Å². The maximum atomic E-state index is 11.4. The molecule has 0 fully saturated rings. The summed E-state index contributed by atoms with van der Waals surface area (Å²) in [4.78, 5) is 15.4. The zero-order chi connectivity index (χ0) is 34.5. The van der Waals surface area contributed by atoms with Crippen LogP contribution in [-0.4, -0.2) is 15.6 Å². The van der Waals surface area contributed by atoms with Gasteiger partial charge in [-0.1, -0.05) is 86.8 Å². The van der Waals surface area contributed by atoms with Crippen molar-refractivity contribution < 1.29 is 9.90 Å². The molecule has 2 aromatic heterocycles. The largest absolute Gasteiger partial charge is 0.477 e. The number of hydrogen-bond donors (Lipinski definition) is 1. The van der Waals surface area contributed by atoms with Gasteiger partial charge in [-0.25, -0.2) is 4.79 Å². The Morgan fingerprint density at radius 3 is 1.90 bits per heavy atom. The second kappa shape index (κ2) is 14.7. The van der Waals surface area contributed by atoms with Crippen molar-refractivity contribution in [3.63, 3.8) is 0 Å². The summed E-state index contributed by atoms with van der Waals surface area (Å²) >= 11 is 1.49. The number of unbranched alkanes of at least 4 members (excludes halogenated alkanes) is 3. The van der Waals surface area contributed by atoms with Crippen LogP contribution in [0.1, 0.15) is 37.5 Å². The fraction of sp³-hybridized carbons (Fsp3) is 0.136. The number of thiophene rings is 1. The molecular weight excluding hydrogens is 635 g/mol. The van der Waals surface area contributed by atoms with Crippen LogP contribution in [0, 0.1) is 11.3 Å². The Hall–Kier alpha value is -5.90. The highest BCUT2D eigenvalue weighted by molar-refractivity contribution is 7.16. The van der Waals surface area contributed by atoms with Gasteiger partial charge in [0.15, 0.2) is 0 Å². The first-order valence-electron chi connectivity index (χ1n) is 17.1. The third kappa shape index (κ3) is 6.69. The highest BCUT2D eigenvalue weighted by atomic mass is 32.1. The number of hydrogen-bond acceptors (Lipinski definition) is 4. The van der Waals surface area contributed by atoms with Gasteiger partial charge in [-0.05, 0) is 102 Å². The van der Waals surface area contributed by atoms with E-state index >= 15 is 0 Å². The molecule has 0 saturated heterocycles. The summed E-state index contributed by atoms with van der Waals surface area (Å²) in [5.74, 6) is -1.22. The summed E-state index contributed by atoms with van der Waals surface area (Å²) in [6, 6.07) is 48.8. The molecule has 0 atom stereocenters. The first-order chi connectivity index (χ1) is 24.5. The number of benzene rings is 5. The van der Waals surface area contributed by atoms with E-state index in [-0.39, 0.29) is 5.57 Å². The Labute approximate surface area is 296 Å². The Morgan fingerprint density at radius 1 is 0.720 bits per heavy atom. The second-order valence-corrected chi connectivity index (χ2v) is 13.5. The molecule has 0 aliphatic rings. The molecule has 0 unspecified atom stereocenters. The Kier molecular flexibility index (Phi) is 9.59. The highest BCUT2D eigenvalue weighted by Crippen LogP contribution is 2.39. The van der Waals surface area contributed by atoms with Crippen LogP contribution in [0.5, 0.6) is 0 Å². The summed E-state index contributed by atoms with van der Waals surface area (Å²) < 4.78 is 2.46. The van der Waals surface area contributed by atoms with Gasteiger partial charge in [-0.3, -0.25) is 0 Å². The maximum absolute atomic E-state index is 11.4. The van der Waals surface area contributed by atoms with Gasteiger partial charge in [-0.2, -0.15) is 5.26 Å². The molecule has 6 heteroatoms. The zero-order valence-electron chi connectivity index (χ0n) is 27.9. The van der Waals surface area contributed by atoms with Crippen LogP contribution < -0.4 is 4.90 Å². The molecule has 1 N–H and O–H groups in total. The van der Waals surface area contributed by atoms with Crippen molar-refractivity contribution in [3.8, 4) is 27.6 Å².